The van der Waals surface area contributed by atoms with E-state index in [0.717, 1.165) is 56.2 Å². The van der Waals surface area contributed by atoms with E-state index in [1.165, 1.54) is 11.1 Å². The lowest BCUT2D eigenvalue weighted by Gasteiger charge is -2.27. The van der Waals surface area contributed by atoms with Crippen molar-refractivity contribution in [2.24, 2.45) is 0 Å². The van der Waals surface area contributed by atoms with Crippen LogP contribution in [0.15, 0.2) is 24.3 Å². The molecule has 1 aliphatic carbocycles. The maximum Gasteiger partial charge on any atom is 0.201 e. The molecule has 2 aromatic rings. The van der Waals surface area contributed by atoms with Crippen LogP contribution in [0.25, 0.3) is 16.6 Å². The first-order chi connectivity index (χ1) is 11.6. The van der Waals surface area contributed by atoms with Gasteiger partial charge in [-0.05, 0) is 62.4 Å². The Hall–Kier alpha value is -1.85. The molecule has 1 aliphatic heterocycles. The van der Waals surface area contributed by atoms with E-state index in [2.05, 4.69) is 45.8 Å². The lowest BCUT2D eigenvalue weighted by Crippen LogP contribution is -2.23. The van der Waals surface area contributed by atoms with Crippen molar-refractivity contribution in [1.29, 1.82) is 0 Å². The van der Waals surface area contributed by atoms with Crippen LogP contribution >= 0.6 is 0 Å². The van der Waals surface area contributed by atoms with Crippen molar-refractivity contribution in [3.8, 4) is 0 Å². The Bertz CT molecular complexity index is 771. The molecule has 128 valence electrons. The van der Waals surface area contributed by atoms with Crippen LogP contribution in [0.2, 0.25) is 0 Å². The Morgan fingerprint density at radius 2 is 2.00 bits per heavy atom. The van der Waals surface area contributed by atoms with E-state index >= 15 is 0 Å². The number of aromatic nitrogens is 2. The van der Waals surface area contributed by atoms with Gasteiger partial charge in [0.2, 0.25) is 5.95 Å². The molecule has 1 aromatic heterocycles. The molecule has 0 spiro atoms. The van der Waals surface area contributed by atoms with Gasteiger partial charge < -0.3 is 20.3 Å². The minimum absolute atomic E-state index is 0.155. The zero-order valence-corrected chi connectivity index (χ0v) is 14.3. The summed E-state index contributed by atoms with van der Waals surface area (Å²) >= 11 is 0. The van der Waals surface area contributed by atoms with Crippen molar-refractivity contribution in [1.82, 2.24) is 14.5 Å². The fraction of sp³-hybridized carbons (Fsp3) is 0.526. The number of hydrogen-bond acceptors (Lipinski definition) is 4. The van der Waals surface area contributed by atoms with Gasteiger partial charge in [-0.2, -0.15) is 0 Å². The summed E-state index contributed by atoms with van der Waals surface area (Å²) in [6, 6.07) is 6.86. The molecule has 0 bridgehead atoms. The number of imidazole rings is 1. The SMILES string of the molecule is CN1CC=C(c2ccc3nc(N)n([C@H]4CC[C@@H](O)CC4)c3c2)CC1. The molecule has 2 heterocycles. The minimum atomic E-state index is -0.155. The summed E-state index contributed by atoms with van der Waals surface area (Å²) in [4.78, 5) is 6.89. The summed E-state index contributed by atoms with van der Waals surface area (Å²) in [5, 5.41) is 9.78. The number of likely N-dealkylation sites (N-methyl/N-ethyl adjacent to an activating group) is 1. The number of nitrogens with two attached hydrogens (primary N) is 1. The highest BCUT2D eigenvalue weighted by molar-refractivity contribution is 5.83. The molecule has 0 atom stereocenters. The predicted octanol–water partition coefficient (Wildman–Crippen LogP) is 2.81. The van der Waals surface area contributed by atoms with Gasteiger partial charge in [-0.1, -0.05) is 12.1 Å². The van der Waals surface area contributed by atoms with Crippen molar-refractivity contribution in [2.45, 2.75) is 44.2 Å². The molecule has 5 heteroatoms. The van der Waals surface area contributed by atoms with Crippen LogP contribution in [-0.2, 0) is 0 Å². The standard InChI is InChI=1S/C19H26N4O/c1-22-10-8-13(9-11-22)14-2-7-17-18(12-14)23(19(20)21-17)15-3-5-16(24)6-4-15/h2,7-8,12,15-16,24H,3-6,9-11H2,1H3,(H2,20,21)/t15-,16+. The molecule has 24 heavy (non-hydrogen) atoms. The van der Waals surface area contributed by atoms with Gasteiger partial charge in [-0.15, -0.1) is 0 Å². The molecule has 1 fully saturated rings. The number of nitrogen functional groups attached to an aromatic ring is 1. The van der Waals surface area contributed by atoms with Gasteiger partial charge in [0.25, 0.3) is 0 Å². The van der Waals surface area contributed by atoms with E-state index < -0.39 is 0 Å². The van der Waals surface area contributed by atoms with E-state index in [-0.39, 0.29) is 6.10 Å². The number of hydrogen-bond donors (Lipinski definition) is 2. The first-order valence-electron chi connectivity index (χ1n) is 8.95. The van der Waals surface area contributed by atoms with E-state index in [9.17, 15) is 5.11 Å². The quantitative estimate of drug-likeness (QED) is 0.890. The summed E-state index contributed by atoms with van der Waals surface area (Å²) in [5.74, 6) is 0.598. The fourth-order valence-electron chi connectivity index (χ4n) is 4.04. The Morgan fingerprint density at radius 3 is 2.71 bits per heavy atom. The van der Waals surface area contributed by atoms with Gasteiger partial charge in [-0.3, -0.25) is 0 Å². The maximum atomic E-state index is 9.78. The molecule has 0 radical (unpaired) electrons. The number of anilines is 1. The van der Waals surface area contributed by atoms with Crippen LogP contribution in [0.1, 0.15) is 43.7 Å². The zero-order valence-electron chi connectivity index (χ0n) is 14.3. The molecule has 2 aliphatic rings. The second-order valence-electron chi connectivity index (χ2n) is 7.25. The summed E-state index contributed by atoms with van der Waals surface area (Å²) in [6.45, 7) is 2.11. The van der Waals surface area contributed by atoms with Gasteiger partial charge in [0.15, 0.2) is 0 Å². The van der Waals surface area contributed by atoms with Crippen LogP contribution < -0.4 is 5.73 Å². The topological polar surface area (TPSA) is 67.3 Å². The minimum Gasteiger partial charge on any atom is -0.393 e. The molecule has 3 N–H and O–H groups in total. The highest BCUT2D eigenvalue weighted by Gasteiger charge is 2.24. The van der Waals surface area contributed by atoms with Crippen LogP contribution in [0.5, 0.6) is 0 Å². The third-order valence-corrected chi connectivity index (χ3v) is 5.53. The highest BCUT2D eigenvalue weighted by atomic mass is 16.3. The Morgan fingerprint density at radius 1 is 1.21 bits per heavy atom. The summed E-state index contributed by atoms with van der Waals surface area (Å²) in [7, 11) is 2.16. The van der Waals surface area contributed by atoms with E-state index in [1.54, 1.807) is 0 Å². The number of aliphatic hydroxyl groups is 1. The van der Waals surface area contributed by atoms with Gasteiger partial charge >= 0.3 is 0 Å². The Labute approximate surface area is 142 Å². The van der Waals surface area contributed by atoms with Crippen LogP contribution in [0, 0.1) is 0 Å². The predicted molar refractivity (Wildman–Crippen MR) is 97.7 cm³/mol. The van der Waals surface area contributed by atoms with E-state index in [1.807, 2.05) is 0 Å². The van der Waals surface area contributed by atoms with Crippen LogP contribution in [-0.4, -0.2) is 45.8 Å². The monoisotopic (exact) mass is 326 g/mol. The number of benzene rings is 1. The molecule has 4 rings (SSSR count). The highest BCUT2D eigenvalue weighted by Crippen LogP contribution is 2.35. The zero-order chi connectivity index (χ0) is 16.7. The van der Waals surface area contributed by atoms with Crippen molar-refractivity contribution in [3.05, 3.63) is 29.8 Å². The molecular weight excluding hydrogens is 300 g/mol. The van der Waals surface area contributed by atoms with Crippen molar-refractivity contribution >= 4 is 22.6 Å². The van der Waals surface area contributed by atoms with Crippen LogP contribution in [0.4, 0.5) is 5.95 Å². The third-order valence-electron chi connectivity index (χ3n) is 5.53. The second kappa shape index (κ2) is 6.22. The number of rotatable bonds is 2. The average Bonchev–Trinajstić information content (AvgIpc) is 2.91. The summed E-state index contributed by atoms with van der Waals surface area (Å²) < 4.78 is 2.19. The van der Waals surface area contributed by atoms with Gasteiger partial charge in [0, 0.05) is 19.1 Å². The first kappa shape index (κ1) is 15.7. The number of nitrogens with zero attached hydrogens (tertiary/aromatic N) is 3. The molecule has 1 aromatic carbocycles. The molecule has 0 amide bonds. The first-order valence-corrected chi connectivity index (χ1v) is 8.95. The van der Waals surface area contributed by atoms with E-state index in [4.69, 9.17) is 5.73 Å². The maximum absolute atomic E-state index is 9.78. The second-order valence-corrected chi connectivity index (χ2v) is 7.25. The smallest absolute Gasteiger partial charge is 0.201 e. The Balaban J connectivity index is 1.72. The Kier molecular flexibility index (Phi) is 4.06. The van der Waals surface area contributed by atoms with Crippen LogP contribution in [0.3, 0.4) is 0 Å². The van der Waals surface area contributed by atoms with E-state index in [0.29, 0.717) is 12.0 Å². The lowest BCUT2D eigenvalue weighted by molar-refractivity contribution is 0.112. The normalized spacial score (nSPS) is 25.8. The summed E-state index contributed by atoms with van der Waals surface area (Å²) in [6.07, 6.45) is 6.88. The fourth-order valence-corrected chi connectivity index (χ4v) is 4.04. The van der Waals surface area contributed by atoms with Crippen molar-refractivity contribution < 1.29 is 5.11 Å². The molecule has 0 unspecified atom stereocenters. The number of aliphatic hydroxyl groups excluding tert-OH is 1. The van der Waals surface area contributed by atoms with Crippen molar-refractivity contribution in [2.75, 3.05) is 25.9 Å². The average molecular weight is 326 g/mol. The van der Waals surface area contributed by atoms with Crippen molar-refractivity contribution in [3.63, 3.8) is 0 Å². The molecular formula is C19H26N4O. The van der Waals surface area contributed by atoms with Gasteiger partial charge in [0.05, 0.1) is 17.1 Å². The number of fused-ring (bicyclic) bond motifs is 1. The molecule has 5 nitrogen and oxygen atoms in total. The molecule has 0 saturated heterocycles. The summed E-state index contributed by atoms with van der Waals surface area (Å²) in [5.41, 5.74) is 11.0. The molecule has 1 saturated carbocycles. The third kappa shape index (κ3) is 2.82. The van der Waals surface area contributed by atoms with Gasteiger partial charge in [0.1, 0.15) is 0 Å². The van der Waals surface area contributed by atoms with Gasteiger partial charge in [-0.25, -0.2) is 4.98 Å². The lowest BCUT2D eigenvalue weighted by atomic mass is 9.92. The largest absolute Gasteiger partial charge is 0.393 e.